The van der Waals surface area contributed by atoms with E-state index in [1.807, 2.05) is 49.4 Å². The number of hydrogen-bond acceptors (Lipinski definition) is 6. The highest BCUT2D eigenvalue weighted by atomic mass is 79.9. The smallest absolute Gasteiger partial charge is 0.350 e. The first-order valence-electron chi connectivity index (χ1n) is 9.09. The first-order chi connectivity index (χ1) is 14.5. The van der Waals surface area contributed by atoms with Gasteiger partial charge in [0.25, 0.3) is 0 Å². The molecule has 2 aromatic carbocycles. The van der Waals surface area contributed by atoms with Gasteiger partial charge in [0.2, 0.25) is 0 Å². The van der Waals surface area contributed by atoms with Crippen molar-refractivity contribution in [2.24, 2.45) is 0 Å². The minimum Gasteiger partial charge on any atom is -0.497 e. The fourth-order valence-electron chi connectivity index (χ4n) is 3.15. The van der Waals surface area contributed by atoms with Crippen LogP contribution in [-0.4, -0.2) is 33.8 Å². The number of hydrogen-bond donors (Lipinski definition) is 1. The molecule has 0 saturated carbocycles. The van der Waals surface area contributed by atoms with Crippen LogP contribution in [0.25, 0.3) is 16.8 Å². The Kier molecular flexibility index (Phi) is 5.83. The number of thioether (sulfide) groups is 1. The van der Waals surface area contributed by atoms with Crippen molar-refractivity contribution in [1.29, 1.82) is 0 Å². The summed E-state index contributed by atoms with van der Waals surface area (Å²) < 4.78 is 12.9. The van der Waals surface area contributed by atoms with Crippen LogP contribution in [-0.2, 0) is 5.75 Å². The van der Waals surface area contributed by atoms with E-state index in [1.165, 1.54) is 16.3 Å². The number of halogens is 1. The standard InChI is InChI=1S/C21H19BrN4O3S/c1-12-18(14-4-6-15(22)7-5-14)19-23-20(24-21(27)26(19)25-12)30-11-13-8-16(28-2)10-17(9-13)29-3/h4-10H,11H2,1-3H3,(H,23,24,27). The second-order valence-electron chi connectivity index (χ2n) is 6.56. The second-order valence-corrected chi connectivity index (χ2v) is 8.44. The predicted molar refractivity (Wildman–Crippen MR) is 121 cm³/mol. The zero-order valence-electron chi connectivity index (χ0n) is 16.6. The van der Waals surface area contributed by atoms with Crippen molar-refractivity contribution < 1.29 is 9.47 Å². The number of fused-ring (bicyclic) bond motifs is 1. The van der Waals surface area contributed by atoms with Crippen molar-refractivity contribution >= 4 is 33.3 Å². The van der Waals surface area contributed by atoms with Crippen LogP contribution >= 0.6 is 27.7 Å². The molecule has 9 heteroatoms. The minimum atomic E-state index is -0.322. The maximum absolute atomic E-state index is 12.6. The molecular weight excluding hydrogens is 468 g/mol. The van der Waals surface area contributed by atoms with Gasteiger partial charge in [-0.3, -0.25) is 4.98 Å². The first kappa shape index (κ1) is 20.5. The Morgan fingerprint density at radius 2 is 1.77 bits per heavy atom. The quantitative estimate of drug-likeness (QED) is 0.405. The molecule has 0 radical (unpaired) electrons. The number of nitrogens with one attached hydrogen (secondary N) is 1. The van der Waals surface area contributed by atoms with Gasteiger partial charge in [0.1, 0.15) is 11.5 Å². The summed E-state index contributed by atoms with van der Waals surface area (Å²) in [4.78, 5) is 20.1. The molecule has 0 aliphatic carbocycles. The van der Waals surface area contributed by atoms with Crippen LogP contribution in [0.5, 0.6) is 11.5 Å². The van der Waals surface area contributed by atoms with E-state index < -0.39 is 0 Å². The Morgan fingerprint density at radius 1 is 1.10 bits per heavy atom. The van der Waals surface area contributed by atoms with Gasteiger partial charge in [-0.25, -0.2) is 9.78 Å². The zero-order chi connectivity index (χ0) is 21.3. The van der Waals surface area contributed by atoms with E-state index >= 15 is 0 Å². The Labute approximate surface area is 185 Å². The first-order valence-corrected chi connectivity index (χ1v) is 10.9. The molecule has 0 bridgehead atoms. The van der Waals surface area contributed by atoms with E-state index in [4.69, 9.17) is 9.47 Å². The highest BCUT2D eigenvalue weighted by Crippen LogP contribution is 2.30. The number of aromatic amines is 1. The molecular formula is C21H19BrN4O3S. The van der Waals surface area contributed by atoms with Crippen molar-refractivity contribution in [2.45, 2.75) is 17.8 Å². The van der Waals surface area contributed by atoms with Gasteiger partial charge in [-0.1, -0.05) is 39.8 Å². The monoisotopic (exact) mass is 486 g/mol. The zero-order valence-corrected chi connectivity index (χ0v) is 19.0. The third-order valence-corrected chi connectivity index (χ3v) is 6.04. The van der Waals surface area contributed by atoms with Crippen LogP contribution in [0, 0.1) is 6.92 Å². The largest absolute Gasteiger partial charge is 0.497 e. The number of H-pyrrole nitrogens is 1. The Bertz CT molecular complexity index is 1250. The van der Waals surface area contributed by atoms with Crippen molar-refractivity contribution in [3.05, 3.63) is 68.7 Å². The van der Waals surface area contributed by atoms with Crippen LogP contribution in [0.4, 0.5) is 0 Å². The fourth-order valence-corrected chi connectivity index (χ4v) is 4.20. The number of aryl methyl sites for hydroxylation is 1. The molecule has 0 unspecified atom stereocenters. The molecule has 0 saturated heterocycles. The lowest BCUT2D eigenvalue weighted by atomic mass is 10.1. The molecule has 2 heterocycles. The van der Waals surface area contributed by atoms with E-state index in [-0.39, 0.29) is 5.69 Å². The molecule has 154 valence electrons. The van der Waals surface area contributed by atoms with Gasteiger partial charge < -0.3 is 9.47 Å². The summed E-state index contributed by atoms with van der Waals surface area (Å²) in [5.41, 5.74) is 3.75. The Hall–Kier alpha value is -2.78. The molecule has 4 aromatic rings. The lowest BCUT2D eigenvalue weighted by Gasteiger charge is -2.08. The van der Waals surface area contributed by atoms with Crippen molar-refractivity contribution in [1.82, 2.24) is 19.6 Å². The number of benzene rings is 2. The van der Waals surface area contributed by atoms with Gasteiger partial charge in [0.15, 0.2) is 10.8 Å². The SMILES string of the molecule is COc1cc(CSc2nc3c(-c4ccc(Br)cc4)c(C)nn3c(=O)[nH]2)cc(OC)c1. The summed E-state index contributed by atoms with van der Waals surface area (Å²) in [6.45, 7) is 1.88. The van der Waals surface area contributed by atoms with Gasteiger partial charge in [-0.05, 0) is 42.3 Å². The Balaban J connectivity index is 1.70. The van der Waals surface area contributed by atoms with Crippen LogP contribution < -0.4 is 15.2 Å². The van der Waals surface area contributed by atoms with Crippen LogP contribution in [0.3, 0.4) is 0 Å². The van der Waals surface area contributed by atoms with Crippen molar-refractivity contribution in [3.63, 3.8) is 0 Å². The molecule has 0 spiro atoms. The number of nitrogens with zero attached hydrogens (tertiary/aromatic N) is 3. The summed E-state index contributed by atoms with van der Waals surface area (Å²) in [6.07, 6.45) is 0. The molecule has 0 aliphatic rings. The van der Waals surface area contributed by atoms with Crippen molar-refractivity contribution in [3.8, 4) is 22.6 Å². The molecule has 0 aliphatic heterocycles. The maximum Gasteiger partial charge on any atom is 0.350 e. The van der Waals surface area contributed by atoms with Crippen LogP contribution in [0.2, 0.25) is 0 Å². The topological polar surface area (TPSA) is 81.5 Å². The number of methoxy groups -OCH3 is 2. The predicted octanol–water partition coefficient (Wildman–Crippen LogP) is 4.47. The molecule has 0 fully saturated rings. The average Bonchev–Trinajstić information content (AvgIpc) is 3.09. The maximum atomic E-state index is 12.6. The third kappa shape index (κ3) is 4.08. The summed E-state index contributed by atoms with van der Waals surface area (Å²) in [5, 5.41) is 4.89. The van der Waals surface area contributed by atoms with Gasteiger partial charge in [-0.2, -0.15) is 9.61 Å². The number of ether oxygens (including phenoxy) is 2. The van der Waals surface area contributed by atoms with Gasteiger partial charge in [0, 0.05) is 21.9 Å². The summed E-state index contributed by atoms with van der Waals surface area (Å²) in [6, 6.07) is 13.6. The molecule has 0 amide bonds. The summed E-state index contributed by atoms with van der Waals surface area (Å²) in [7, 11) is 3.23. The molecule has 4 rings (SSSR count). The lowest BCUT2D eigenvalue weighted by molar-refractivity contribution is 0.393. The molecule has 1 N–H and O–H groups in total. The van der Waals surface area contributed by atoms with E-state index in [2.05, 4.69) is 31.0 Å². The number of aromatic nitrogens is 4. The normalized spacial score (nSPS) is 11.1. The highest BCUT2D eigenvalue weighted by molar-refractivity contribution is 9.10. The van der Waals surface area contributed by atoms with Gasteiger partial charge in [0.05, 0.1) is 19.9 Å². The van der Waals surface area contributed by atoms with Crippen LogP contribution in [0.15, 0.2) is 56.9 Å². The lowest BCUT2D eigenvalue weighted by Crippen LogP contribution is -2.19. The third-order valence-electron chi connectivity index (χ3n) is 4.57. The molecule has 2 aromatic heterocycles. The number of rotatable bonds is 6. The summed E-state index contributed by atoms with van der Waals surface area (Å²) >= 11 is 4.88. The van der Waals surface area contributed by atoms with Crippen LogP contribution in [0.1, 0.15) is 11.3 Å². The van der Waals surface area contributed by atoms with Gasteiger partial charge in [-0.15, -0.1) is 0 Å². The Morgan fingerprint density at radius 3 is 2.40 bits per heavy atom. The van der Waals surface area contributed by atoms with Crippen molar-refractivity contribution in [2.75, 3.05) is 14.2 Å². The van der Waals surface area contributed by atoms with E-state index in [0.717, 1.165) is 26.9 Å². The van der Waals surface area contributed by atoms with E-state index in [9.17, 15) is 4.79 Å². The highest BCUT2D eigenvalue weighted by Gasteiger charge is 2.16. The van der Waals surface area contributed by atoms with E-state index in [0.29, 0.717) is 28.1 Å². The summed E-state index contributed by atoms with van der Waals surface area (Å²) in [5.74, 6) is 2.02. The molecule has 30 heavy (non-hydrogen) atoms. The minimum absolute atomic E-state index is 0.322. The molecule has 7 nitrogen and oxygen atoms in total. The molecule has 0 atom stereocenters. The second kappa shape index (κ2) is 8.53. The fraction of sp³-hybridized carbons (Fsp3) is 0.190. The average molecular weight is 487 g/mol. The van der Waals surface area contributed by atoms with Gasteiger partial charge >= 0.3 is 5.69 Å². The van der Waals surface area contributed by atoms with E-state index in [1.54, 1.807) is 14.2 Å².